The highest BCUT2D eigenvalue weighted by Gasteiger charge is 2.47. The predicted octanol–water partition coefficient (Wildman–Crippen LogP) is -0.266. The van der Waals surface area contributed by atoms with Gasteiger partial charge in [-0.1, -0.05) is 5.21 Å². The van der Waals surface area contributed by atoms with Crippen LogP contribution in [0.4, 0.5) is 0 Å². The molecule has 1 aliphatic carbocycles. The lowest BCUT2D eigenvalue weighted by molar-refractivity contribution is -0.153. The van der Waals surface area contributed by atoms with Crippen LogP contribution in [0.1, 0.15) is 25.0 Å². The van der Waals surface area contributed by atoms with E-state index in [1.54, 1.807) is 0 Å². The summed E-state index contributed by atoms with van der Waals surface area (Å²) >= 11 is 0. The van der Waals surface area contributed by atoms with E-state index < -0.39 is 11.5 Å². The van der Waals surface area contributed by atoms with Crippen molar-refractivity contribution in [1.82, 2.24) is 15.0 Å². The van der Waals surface area contributed by atoms with Crippen molar-refractivity contribution >= 4 is 5.97 Å². The molecule has 1 aliphatic rings. The van der Waals surface area contributed by atoms with Gasteiger partial charge in [-0.25, -0.2) is 9.48 Å². The fourth-order valence-electron chi connectivity index (χ4n) is 1.63. The molecule has 0 atom stereocenters. The lowest BCUT2D eigenvalue weighted by atomic mass is 9.77. The normalized spacial score (nSPS) is 18.9. The summed E-state index contributed by atoms with van der Waals surface area (Å²) in [6.45, 7) is -0.213. The second-order valence-electron chi connectivity index (χ2n) is 3.50. The van der Waals surface area contributed by atoms with Gasteiger partial charge in [0.1, 0.15) is 5.69 Å². The number of carboxylic acid groups (broad SMARTS) is 1. The fourth-order valence-corrected chi connectivity index (χ4v) is 1.63. The van der Waals surface area contributed by atoms with Gasteiger partial charge in [0, 0.05) is 0 Å². The molecular formula is C8H11N3O3. The van der Waals surface area contributed by atoms with Crippen LogP contribution in [-0.4, -0.2) is 31.2 Å². The number of hydrogen-bond acceptors (Lipinski definition) is 4. The third-order valence-corrected chi connectivity index (χ3v) is 2.72. The molecule has 0 radical (unpaired) electrons. The zero-order chi connectivity index (χ0) is 10.2. The molecule has 1 fully saturated rings. The molecule has 0 aromatic carbocycles. The molecule has 0 bridgehead atoms. The van der Waals surface area contributed by atoms with Crippen molar-refractivity contribution in [1.29, 1.82) is 0 Å². The van der Waals surface area contributed by atoms with E-state index in [9.17, 15) is 4.79 Å². The minimum absolute atomic E-state index is 0.213. The van der Waals surface area contributed by atoms with Crippen LogP contribution in [0.15, 0.2) is 6.20 Å². The van der Waals surface area contributed by atoms with Crippen LogP contribution in [0.3, 0.4) is 0 Å². The lowest BCUT2D eigenvalue weighted by Gasteiger charge is -2.36. The van der Waals surface area contributed by atoms with Crippen molar-refractivity contribution < 1.29 is 15.0 Å². The molecule has 1 saturated carbocycles. The third kappa shape index (κ3) is 1.11. The number of carbonyl (C=O) groups is 1. The first kappa shape index (κ1) is 9.14. The Balaban J connectivity index is 2.32. The first-order valence-corrected chi connectivity index (χ1v) is 4.45. The molecule has 2 rings (SSSR count). The summed E-state index contributed by atoms with van der Waals surface area (Å²) in [5.41, 5.74) is -0.516. The van der Waals surface area contributed by atoms with E-state index in [0.29, 0.717) is 18.5 Å². The number of aromatic nitrogens is 3. The first-order valence-electron chi connectivity index (χ1n) is 4.45. The van der Waals surface area contributed by atoms with Gasteiger partial charge in [0.25, 0.3) is 0 Å². The van der Waals surface area contributed by atoms with Gasteiger partial charge < -0.3 is 10.2 Å². The molecule has 76 valence electrons. The Morgan fingerprint density at radius 3 is 2.71 bits per heavy atom. The largest absolute Gasteiger partial charge is 0.479 e. The Hall–Kier alpha value is -1.43. The van der Waals surface area contributed by atoms with Gasteiger partial charge in [-0.2, -0.15) is 0 Å². The Labute approximate surface area is 80.2 Å². The first-order chi connectivity index (χ1) is 6.69. The quantitative estimate of drug-likeness (QED) is 0.696. The van der Waals surface area contributed by atoms with E-state index in [0.717, 1.165) is 6.42 Å². The van der Waals surface area contributed by atoms with Gasteiger partial charge >= 0.3 is 5.97 Å². The van der Waals surface area contributed by atoms with Crippen LogP contribution in [0.25, 0.3) is 0 Å². The van der Waals surface area contributed by atoms with Crippen molar-refractivity contribution in [3.63, 3.8) is 0 Å². The van der Waals surface area contributed by atoms with Gasteiger partial charge in [0.2, 0.25) is 0 Å². The summed E-state index contributed by atoms with van der Waals surface area (Å²) in [6, 6.07) is 0. The third-order valence-electron chi connectivity index (χ3n) is 2.72. The van der Waals surface area contributed by atoms with E-state index in [-0.39, 0.29) is 6.61 Å². The van der Waals surface area contributed by atoms with Crippen LogP contribution in [0.2, 0.25) is 0 Å². The minimum Gasteiger partial charge on any atom is -0.479 e. The maximum Gasteiger partial charge on any atom is 0.331 e. The molecule has 0 saturated heterocycles. The van der Waals surface area contributed by atoms with Gasteiger partial charge in [-0.05, 0) is 19.3 Å². The predicted molar refractivity (Wildman–Crippen MR) is 45.4 cm³/mol. The van der Waals surface area contributed by atoms with Gasteiger partial charge in [0.15, 0.2) is 5.54 Å². The van der Waals surface area contributed by atoms with Crippen LogP contribution in [-0.2, 0) is 16.9 Å². The number of aliphatic hydroxyl groups excluding tert-OH is 1. The van der Waals surface area contributed by atoms with E-state index in [4.69, 9.17) is 10.2 Å². The highest BCUT2D eigenvalue weighted by Crippen LogP contribution is 2.38. The number of hydrogen-bond donors (Lipinski definition) is 2. The number of nitrogens with zero attached hydrogens (tertiary/aromatic N) is 3. The average molecular weight is 197 g/mol. The highest BCUT2D eigenvalue weighted by molar-refractivity contribution is 5.77. The standard InChI is InChI=1S/C8H11N3O3/c12-5-6-4-11(10-9-6)8(7(13)14)2-1-3-8/h4,12H,1-3,5H2,(H,13,14). The van der Waals surface area contributed by atoms with Crippen molar-refractivity contribution in [3.8, 4) is 0 Å². The van der Waals surface area contributed by atoms with Gasteiger partial charge in [-0.15, -0.1) is 5.10 Å². The molecule has 6 nitrogen and oxygen atoms in total. The van der Waals surface area contributed by atoms with E-state index in [1.165, 1.54) is 10.9 Å². The molecule has 0 amide bonds. The number of rotatable bonds is 3. The van der Waals surface area contributed by atoms with Crippen molar-refractivity contribution in [2.24, 2.45) is 0 Å². The molecule has 1 heterocycles. The fraction of sp³-hybridized carbons (Fsp3) is 0.625. The summed E-state index contributed by atoms with van der Waals surface area (Å²) in [4.78, 5) is 11.1. The maximum absolute atomic E-state index is 11.1. The monoisotopic (exact) mass is 197 g/mol. The highest BCUT2D eigenvalue weighted by atomic mass is 16.4. The second-order valence-corrected chi connectivity index (χ2v) is 3.50. The van der Waals surface area contributed by atoms with Crippen molar-refractivity contribution in [2.45, 2.75) is 31.4 Å². The maximum atomic E-state index is 11.1. The Morgan fingerprint density at radius 1 is 1.64 bits per heavy atom. The number of carboxylic acids is 1. The molecule has 0 spiro atoms. The molecule has 0 unspecified atom stereocenters. The van der Waals surface area contributed by atoms with Crippen LogP contribution >= 0.6 is 0 Å². The summed E-state index contributed by atoms with van der Waals surface area (Å²) < 4.78 is 1.35. The van der Waals surface area contributed by atoms with Crippen LogP contribution < -0.4 is 0 Å². The smallest absolute Gasteiger partial charge is 0.331 e. The van der Waals surface area contributed by atoms with Crippen molar-refractivity contribution in [3.05, 3.63) is 11.9 Å². The summed E-state index contributed by atoms with van der Waals surface area (Å²) in [5, 5.41) is 25.2. The molecule has 14 heavy (non-hydrogen) atoms. The second kappa shape index (κ2) is 3.06. The van der Waals surface area contributed by atoms with E-state index >= 15 is 0 Å². The molecular weight excluding hydrogens is 186 g/mol. The Morgan fingerprint density at radius 2 is 2.36 bits per heavy atom. The average Bonchev–Trinajstić information content (AvgIpc) is 2.50. The minimum atomic E-state index is -0.916. The SMILES string of the molecule is O=C(O)C1(n2cc(CO)nn2)CCC1. The molecule has 6 heteroatoms. The molecule has 2 N–H and O–H groups in total. The van der Waals surface area contributed by atoms with E-state index in [1.807, 2.05) is 0 Å². The zero-order valence-corrected chi connectivity index (χ0v) is 7.55. The summed E-state index contributed by atoms with van der Waals surface area (Å²) in [7, 11) is 0. The van der Waals surface area contributed by atoms with E-state index in [2.05, 4.69) is 10.3 Å². The zero-order valence-electron chi connectivity index (χ0n) is 7.55. The summed E-state index contributed by atoms with van der Waals surface area (Å²) in [5.74, 6) is -0.877. The topological polar surface area (TPSA) is 88.2 Å². The van der Waals surface area contributed by atoms with Crippen LogP contribution in [0.5, 0.6) is 0 Å². The Bertz CT molecular complexity index is 356. The molecule has 1 aromatic heterocycles. The van der Waals surface area contributed by atoms with Gasteiger partial charge in [0.05, 0.1) is 12.8 Å². The molecule has 0 aliphatic heterocycles. The Kier molecular flexibility index (Phi) is 1.99. The summed E-state index contributed by atoms with van der Waals surface area (Å²) in [6.07, 6.45) is 3.54. The lowest BCUT2D eigenvalue weighted by Crippen LogP contribution is -2.48. The van der Waals surface area contributed by atoms with Gasteiger partial charge in [-0.3, -0.25) is 0 Å². The molecule has 1 aromatic rings. The number of aliphatic hydroxyl groups is 1. The van der Waals surface area contributed by atoms with Crippen molar-refractivity contribution in [2.75, 3.05) is 0 Å². The van der Waals surface area contributed by atoms with Crippen LogP contribution in [0, 0.1) is 0 Å². The number of aliphatic carboxylic acids is 1.